The summed E-state index contributed by atoms with van der Waals surface area (Å²) in [7, 11) is 0. The summed E-state index contributed by atoms with van der Waals surface area (Å²) in [6.07, 6.45) is 1.30. The van der Waals surface area contributed by atoms with Gasteiger partial charge in [0.2, 0.25) is 5.91 Å². The highest BCUT2D eigenvalue weighted by Gasteiger charge is 2.13. The number of phenolic OH excluding ortho intramolecular Hbond substituents is 1. The van der Waals surface area contributed by atoms with Gasteiger partial charge in [-0.2, -0.15) is 0 Å². The van der Waals surface area contributed by atoms with E-state index >= 15 is 0 Å². The fourth-order valence-electron chi connectivity index (χ4n) is 2.11. The zero-order chi connectivity index (χ0) is 14.7. The molecule has 0 fully saturated rings. The molecule has 0 spiro atoms. The van der Waals surface area contributed by atoms with Crippen LogP contribution in [0.25, 0.3) is 10.9 Å². The van der Waals surface area contributed by atoms with Gasteiger partial charge in [0.1, 0.15) is 17.8 Å². The summed E-state index contributed by atoms with van der Waals surface area (Å²) in [5, 5.41) is 9.95. The van der Waals surface area contributed by atoms with Crippen molar-refractivity contribution < 1.29 is 9.90 Å². The first-order valence-electron chi connectivity index (χ1n) is 6.53. The van der Waals surface area contributed by atoms with Crippen LogP contribution in [0.15, 0.2) is 29.3 Å². The van der Waals surface area contributed by atoms with Gasteiger partial charge in [0, 0.05) is 13.1 Å². The van der Waals surface area contributed by atoms with Crippen LogP contribution < -0.4 is 5.56 Å². The molecule has 0 saturated carbocycles. The van der Waals surface area contributed by atoms with Crippen LogP contribution in [0.2, 0.25) is 0 Å². The Morgan fingerprint density at radius 2 is 2.05 bits per heavy atom. The molecule has 1 N–H and O–H groups in total. The molecule has 0 bridgehead atoms. The molecule has 0 unspecified atom stereocenters. The van der Waals surface area contributed by atoms with Crippen LogP contribution in [0, 0.1) is 0 Å². The predicted molar refractivity (Wildman–Crippen MR) is 75.6 cm³/mol. The van der Waals surface area contributed by atoms with Crippen molar-refractivity contribution in [2.45, 2.75) is 20.4 Å². The molecule has 1 aromatic heterocycles. The molecule has 0 aliphatic carbocycles. The highest BCUT2D eigenvalue weighted by atomic mass is 16.3. The van der Waals surface area contributed by atoms with Gasteiger partial charge in [-0.05, 0) is 26.0 Å². The molecule has 106 valence electrons. The largest absolute Gasteiger partial charge is 0.506 e. The van der Waals surface area contributed by atoms with Crippen molar-refractivity contribution in [1.82, 2.24) is 14.5 Å². The number of rotatable bonds is 4. The number of likely N-dealkylation sites (N-methyl/N-ethyl adjacent to an activating group) is 1. The predicted octanol–water partition coefficient (Wildman–Crippen LogP) is 0.970. The minimum atomic E-state index is -0.327. The van der Waals surface area contributed by atoms with E-state index in [4.69, 9.17) is 0 Å². The van der Waals surface area contributed by atoms with Gasteiger partial charge in [0.05, 0.1) is 11.7 Å². The second-order valence-corrected chi connectivity index (χ2v) is 4.42. The van der Waals surface area contributed by atoms with E-state index in [0.717, 1.165) is 0 Å². The number of benzene rings is 1. The van der Waals surface area contributed by atoms with Gasteiger partial charge in [-0.1, -0.05) is 6.07 Å². The zero-order valence-electron chi connectivity index (χ0n) is 11.5. The van der Waals surface area contributed by atoms with Gasteiger partial charge in [-0.3, -0.25) is 14.2 Å². The lowest BCUT2D eigenvalue weighted by Gasteiger charge is -2.19. The molecule has 6 heteroatoms. The SMILES string of the molecule is CCN(CC)C(=O)Cn1cnc2c(O)cccc2c1=O. The van der Waals surface area contributed by atoms with Gasteiger partial charge in [0.25, 0.3) is 5.56 Å². The summed E-state index contributed by atoms with van der Waals surface area (Å²) in [6, 6.07) is 4.64. The van der Waals surface area contributed by atoms with Gasteiger partial charge >= 0.3 is 0 Å². The minimum absolute atomic E-state index is 0.0400. The van der Waals surface area contributed by atoms with Crippen molar-refractivity contribution in [2.75, 3.05) is 13.1 Å². The van der Waals surface area contributed by atoms with Crippen molar-refractivity contribution in [3.63, 3.8) is 0 Å². The maximum Gasteiger partial charge on any atom is 0.261 e. The Hall–Kier alpha value is -2.37. The Bertz CT molecular complexity index is 690. The van der Waals surface area contributed by atoms with Crippen LogP contribution in [0.5, 0.6) is 5.75 Å². The maximum atomic E-state index is 12.3. The molecule has 0 aliphatic heterocycles. The number of amides is 1. The van der Waals surface area contributed by atoms with E-state index in [-0.39, 0.29) is 29.3 Å². The second kappa shape index (κ2) is 5.73. The number of hydrogen-bond acceptors (Lipinski definition) is 4. The molecule has 0 aliphatic rings. The maximum absolute atomic E-state index is 12.3. The lowest BCUT2D eigenvalue weighted by Crippen LogP contribution is -2.36. The first kappa shape index (κ1) is 14.0. The molecule has 20 heavy (non-hydrogen) atoms. The van der Waals surface area contributed by atoms with E-state index in [1.807, 2.05) is 13.8 Å². The third-order valence-corrected chi connectivity index (χ3v) is 3.25. The quantitative estimate of drug-likeness (QED) is 0.902. The topological polar surface area (TPSA) is 75.4 Å². The Labute approximate surface area is 116 Å². The number of para-hydroxylation sites is 1. The zero-order valence-corrected chi connectivity index (χ0v) is 11.5. The minimum Gasteiger partial charge on any atom is -0.506 e. The normalized spacial score (nSPS) is 10.7. The van der Waals surface area contributed by atoms with Crippen LogP contribution in [0.1, 0.15) is 13.8 Å². The molecule has 1 heterocycles. The number of nitrogens with zero attached hydrogens (tertiary/aromatic N) is 3. The fourth-order valence-corrected chi connectivity index (χ4v) is 2.11. The van der Waals surface area contributed by atoms with E-state index in [1.165, 1.54) is 17.0 Å². The monoisotopic (exact) mass is 275 g/mol. The fraction of sp³-hybridized carbons (Fsp3) is 0.357. The smallest absolute Gasteiger partial charge is 0.261 e. The van der Waals surface area contributed by atoms with E-state index in [1.54, 1.807) is 17.0 Å². The van der Waals surface area contributed by atoms with Crippen molar-refractivity contribution in [3.05, 3.63) is 34.9 Å². The lowest BCUT2D eigenvalue weighted by atomic mass is 10.2. The Morgan fingerprint density at radius 1 is 1.35 bits per heavy atom. The first-order chi connectivity index (χ1) is 9.58. The van der Waals surface area contributed by atoms with Crippen LogP contribution in [0.4, 0.5) is 0 Å². The standard InChI is InChI=1S/C14H17N3O3/c1-3-16(4-2)12(19)8-17-9-15-13-10(14(17)20)6-5-7-11(13)18/h5-7,9,18H,3-4,8H2,1-2H3. The molecule has 1 amide bonds. The Morgan fingerprint density at radius 3 is 2.70 bits per heavy atom. The highest BCUT2D eigenvalue weighted by Crippen LogP contribution is 2.18. The number of aromatic hydroxyl groups is 1. The van der Waals surface area contributed by atoms with Gasteiger partial charge in [0.15, 0.2) is 0 Å². The van der Waals surface area contributed by atoms with E-state index in [0.29, 0.717) is 18.5 Å². The molecule has 2 aromatic rings. The van der Waals surface area contributed by atoms with E-state index in [9.17, 15) is 14.7 Å². The molecular weight excluding hydrogens is 258 g/mol. The van der Waals surface area contributed by atoms with Gasteiger partial charge < -0.3 is 10.0 Å². The number of phenols is 1. The van der Waals surface area contributed by atoms with E-state index < -0.39 is 0 Å². The molecule has 0 atom stereocenters. The molecule has 1 aromatic carbocycles. The summed E-state index contributed by atoms with van der Waals surface area (Å²) >= 11 is 0. The molecule has 6 nitrogen and oxygen atoms in total. The summed E-state index contributed by atoms with van der Waals surface area (Å²) < 4.78 is 1.27. The first-order valence-corrected chi connectivity index (χ1v) is 6.53. The summed E-state index contributed by atoms with van der Waals surface area (Å²) in [4.78, 5) is 30.0. The molecule has 2 rings (SSSR count). The molecular formula is C14H17N3O3. The average molecular weight is 275 g/mol. The van der Waals surface area contributed by atoms with Crippen LogP contribution in [0.3, 0.4) is 0 Å². The van der Waals surface area contributed by atoms with Gasteiger partial charge in [-0.15, -0.1) is 0 Å². The van der Waals surface area contributed by atoms with Crippen molar-refractivity contribution in [3.8, 4) is 5.75 Å². The number of carbonyl (C=O) groups is 1. The van der Waals surface area contributed by atoms with Crippen LogP contribution >= 0.6 is 0 Å². The molecule has 0 radical (unpaired) electrons. The number of aromatic nitrogens is 2. The number of carbonyl (C=O) groups excluding carboxylic acids is 1. The lowest BCUT2D eigenvalue weighted by molar-refractivity contribution is -0.131. The third kappa shape index (κ3) is 2.49. The Kier molecular flexibility index (Phi) is 4.02. The van der Waals surface area contributed by atoms with Crippen LogP contribution in [-0.4, -0.2) is 38.6 Å². The average Bonchev–Trinajstić information content (AvgIpc) is 2.44. The second-order valence-electron chi connectivity index (χ2n) is 4.42. The van der Waals surface area contributed by atoms with E-state index in [2.05, 4.69) is 4.98 Å². The van der Waals surface area contributed by atoms with Crippen LogP contribution in [-0.2, 0) is 11.3 Å². The summed E-state index contributed by atoms with van der Waals surface area (Å²) in [5.41, 5.74) is -0.0737. The summed E-state index contributed by atoms with van der Waals surface area (Å²) in [5.74, 6) is -0.166. The van der Waals surface area contributed by atoms with Crippen molar-refractivity contribution in [1.29, 1.82) is 0 Å². The molecule has 0 saturated heterocycles. The Balaban J connectivity index is 2.40. The van der Waals surface area contributed by atoms with Crippen molar-refractivity contribution in [2.24, 2.45) is 0 Å². The highest BCUT2D eigenvalue weighted by molar-refractivity contribution is 5.83. The summed E-state index contributed by atoms with van der Waals surface area (Å²) in [6.45, 7) is 4.94. The third-order valence-electron chi connectivity index (χ3n) is 3.25. The number of hydrogen-bond donors (Lipinski definition) is 1. The van der Waals surface area contributed by atoms with Gasteiger partial charge in [-0.25, -0.2) is 4.98 Å². The van der Waals surface area contributed by atoms with Crippen molar-refractivity contribution >= 4 is 16.8 Å². The number of fused-ring (bicyclic) bond motifs is 1.